The molecule has 0 bridgehead atoms. The number of nitrogens with zero attached hydrogens (tertiary/aromatic N) is 2. The van der Waals surface area contributed by atoms with Crippen LogP contribution in [0.1, 0.15) is 12.1 Å². The number of aliphatic hydroxyl groups is 2. The third kappa shape index (κ3) is 7.07. The van der Waals surface area contributed by atoms with Gasteiger partial charge in [-0.25, -0.2) is 0 Å². The van der Waals surface area contributed by atoms with Gasteiger partial charge in [0.1, 0.15) is 0 Å². The number of aromatic nitrogens is 2. The summed E-state index contributed by atoms with van der Waals surface area (Å²) in [6, 6.07) is 18.9. The second-order valence-electron chi connectivity index (χ2n) is 5.54. The van der Waals surface area contributed by atoms with Gasteiger partial charge in [0, 0.05) is 52.1 Å². The summed E-state index contributed by atoms with van der Waals surface area (Å²) in [4.78, 5) is 9.22. The Hall–Kier alpha value is -1.73. The van der Waals surface area contributed by atoms with E-state index < -0.39 is 12.6 Å². The van der Waals surface area contributed by atoms with E-state index in [2.05, 4.69) is 25.5 Å². The molecule has 0 aliphatic carbocycles. The Morgan fingerprint density at radius 2 is 1.48 bits per heavy atom. The number of hydrogen-bond acceptors (Lipinski definition) is 6. The molecule has 2 N–H and O–H groups in total. The summed E-state index contributed by atoms with van der Waals surface area (Å²) in [5, 5.41) is 17.4. The van der Waals surface area contributed by atoms with Crippen molar-refractivity contribution < 1.29 is 39.8 Å². The van der Waals surface area contributed by atoms with Gasteiger partial charge in [-0.15, -0.1) is 35.9 Å². The monoisotopic (exact) mass is 548 g/mol. The molecular formula is C20H23IrN2O4-. The second kappa shape index (κ2) is 11.9. The SMILES string of the molecule is COC(O)CC(O)OC.Cc1nc2ccccc2nc1-c1[c-]cccc1.[Ir]. The Bertz CT molecular complexity index is 809. The maximum Gasteiger partial charge on any atom is 0.158 e. The van der Waals surface area contributed by atoms with Gasteiger partial charge in [-0.2, -0.15) is 0 Å². The maximum atomic E-state index is 8.70. The van der Waals surface area contributed by atoms with Crippen LogP contribution >= 0.6 is 0 Å². The average Bonchev–Trinajstić information content (AvgIpc) is 2.68. The first-order chi connectivity index (χ1) is 12.5. The third-order valence-corrected chi connectivity index (χ3v) is 3.66. The van der Waals surface area contributed by atoms with Crippen molar-refractivity contribution in [3.05, 3.63) is 60.3 Å². The standard InChI is InChI=1S/C15H11N2.C5H12O4.Ir/c1-11-15(12-7-3-2-4-8-12)17-14-10-6-5-9-13(14)16-11;1-8-4(6)3-5(7)9-2;/h2-7,9-10H,1H3;4-7H,3H2,1-2H3;/q-1;;. The predicted octanol–water partition coefficient (Wildman–Crippen LogP) is 2.71. The molecule has 1 heterocycles. The van der Waals surface area contributed by atoms with Gasteiger partial charge in [-0.1, -0.05) is 12.1 Å². The zero-order valence-corrected chi connectivity index (χ0v) is 17.8. The van der Waals surface area contributed by atoms with Crippen molar-refractivity contribution in [2.24, 2.45) is 0 Å². The quantitative estimate of drug-likeness (QED) is 0.378. The topological polar surface area (TPSA) is 84.7 Å². The molecule has 3 rings (SSSR count). The fourth-order valence-electron chi connectivity index (χ4n) is 2.25. The summed E-state index contributed by atoms with van der Waals surface area (Å²) >= 11 is 0. The molecule has 0 fully saturated rings. The molecule has 0 spiro atoms. The number of ether oxygens (including phenoxy) is 2. The summed E-state index contributed by atoms with van der Waals surface area (Å²) in [6.07, 6.45) is -1.81. The van der Waals surface area contributed by atoms with Crippen molar-refractivity contribution in [2.45, 2.75) is 25.9 Å². The van der Waals surface area contributed by atoms with Gasteiger partial charge in [0.05, 0.1) is 11.0 Å². The molecule has 2 aromatic carbocycles. The first kappa shape index (κ1) is 23.3. The van der Waals surface area contributed by atoms with E-state index in [1.165, 1.54) is 14.2 Å². The third-order valence-electron chi connectivity index (χ3n) is 3.66. The Morgan fingerprint density at radius 3 is 2.00 bits per heavy atom. The molecule has 2 atom stereocenters. The van der Waals surface area contributed by atoms with Crippen LogP contribution in [0.3, 0.4) is 0 Å². The number of methoxy groups -OCH3 is 2. The van der Waals surface area contributed by atoms with Crippen LogP contribution in [0.2, 0.25) is 0 Å². The molecule has 0 amide bonds. The molecule has 6 nitrogen and oxygen atoms in total. The molecule has 0 aliphatic rings. The molecule has 1 aromatic heterocycles. The van der Waals surface area contributed by atoms with Crippen molar-refractivity contribution in [3.63, 3.8) is 0 Å². The van der Waals surface area contributed by atoms with Crippen LogP contribution in [0.5, 0.6) is 0 Å². The number of rotatable bonds is 5. The predicted molar refractivity (Wildman–Crippen MR) is 99.2 cm³/mol. The van der Waals surface area contributed by atoms with Gasteiger partial charge in [0.15, 0.2) is 12.6 Å². The van der Waals surface area contributed by atoms with E-state index >= 15 is 0 Å². The normalized spacial score (nSPS) is 12.5. The van der Waals surface area contributed by atoms with Crippen LogP contribution in [0.15, 0.2) is 48.5 Å². The van der Waals surface area contributed by atoms with Crippen LogP contribution in [0.4, 0.5) is 0 Å². The van der Waals surface area contributed by atoms with Crippen LogP contribution in [0.25, 0.3) is 22.3 Å². The number of aryl methyl sites for hydroxylation is 1. The molecule has 27 heavy (non-hydrogen) atoms. The first-order valence-corrected chi connectivity index (χ1v) is 8.17. The number of benzene rings is 2. The summed E-state index contributed by atoms with van der Waals surface area (Å²) < 4.78 is 8.88. The van der Waals surface area contributed by atoms with E-state index in [1.807, 2.05) is 55.5 Å². The van der Waals surface area contributed by atoms with Gasteiger partial charge in [0.25, 0.3) is 0 Å². The largest absolute Gasteiger partial charge is 0.368 e. The van der Waals surface area contributed by atoms with E-state index in [0.29, 0.717) is 0 Å². The summed E-state index contributed by atoms with van der Waals surface area (Å²) in [6.45, 7) is 1.98. The molecule has 7 heteroatoms. The van der Waals surface area contributed by atoms with Crippen molar-refractivity contribution >= 4 is 11.0 Å². The first-order valence-electron chi connectivity index (χ1n) is 8.17. The number of fused-ring (bicyclic) bond motifs is 1. The van der Waals surface area contributed by atoms with Crippen LogP contribution in [-0.4, -0.2) is 47.0 Å². The zero-order valence-electron chi connectivity index (χ0n) is 15.4. The van der Waals surface area contributed by atoms with Crippen LogP contribution in [0, 0.1) is 13.0 Å². The molecular weight excluding hydrogens is 524 g/mol. The molecule has 0 aliphatic heterocycles. The van der Waals surface area contributed by atoms with E-state index in [0.717, 1.165) is 28.0 Å². The van der Waals surface area contributed by atoms with Crippen molar-refractivity contribution in [1.29, 1.82) is 0 Å². The molecule has 147 valence electrons. The second-order valence-corrected chi connectivity index (χ2v) is 5.54. The van der Waals surface area contributed by atoms with Gasteiger partial charge in [-0.3, -0.25) is 9.97 Å². The molecule has 1 radical (unpaired) electrons. The average molecular weight is 548 g/mol. The van der Waals surface area contributed by atoms with E-state index in [4.69, 9.17) is 10.2 Å². The summed E-state index contributed by atoms with van der Waals surface area (Å²) in [7, 11) is 2.71. The maximum absolute atomic E-state index is 8.70. The smallest absolute Gasteiger partial charge is 0.158 e. The van der Waals surface area contributed by atoms with E-state index in [1.54, 1.807) is 0 Å². The molecule has 2 unspecified atom stereocenters. The fraction of sp³-hybridized carbons (Fsp3) is 0.300. The van der Waals surface area contributed by atoms with Crippen LogP contribution in [-0.2, 0) is 29.6 Å². The number of aliphatic hydroxyl groups excluding tert-OH is 2. The minimum absolute atomic E-state index is 0. The molecule has 0 saturated heterocycles. The zero-order chi connectivity index (χ0) is 18.9. The fourth-order valence-corrected chi connectivity index (χ4v) is 2.25. The number of hydrogen-bond donors (Lipinski definition) is 2. The van der Waals surface area contributed by atoms with E-state index in [-0.39, 0.29) is 26.5 Å². The Kier molecular flexibility index (Phi) is 10.2. The molecule has 3 aromatic rings. The van der Waals surface area contributed by atoms with Gasteiger partial charge in [-0.05, 0) is 19.1 Å². The minimum Gasteiger partial charge on any atom is -0.368 e. The molecule has 0 saturated carbocycles. The number of para-hydroxylation sites is 2. The van der Waals surface area contributed by atoms with E-state index in [9.17, 15) is 0 Å². The van der Waals surface area contributed by atoms with Crippen molar-refractivity contribution in [1.82, 2.24) is 9.97 Å². The Labute approximate surface area is 172 Å². The van der Waals surface area contributed by atoms with Crippen molar-refractivity contribution in [3.8, 4) is 11.3 Å². The van der Waals surface area contributed by atoms with Gasteiger partial charge < -0.3 is 19.7 Å². The summed E-state index contributed by atoms with van der Waals surface area (Å²) in [5.74, 6) is 0. The van der Waals surface area contributed by atoms with Crippen molar-refractivity contribution in [2.75, 3.05) is 14.2 Å². The van der Waals surface area contributed by atoms with Gasteiger partial charge >= 0.3 is 0 Å². The minimum atomic E-state index is -0.944. The Morgan fingerprint density at radius 1 is 0.926 bits per heavy atom. The van der Waals surface area contributed by atoms with Gasteiger partial charge in [0.2, 0.25) is 0 Å². The Balaban J connectivity index is 0.000000316. The summed E-state index contributed by atoms with van der Waals surface area (Å²) in [5.41, 5.74) is 4.69. The van der Waals surface area contributed by atoms with Crippen LogP contribution < -0.4 is 0 Å².